The molecule has 2 heteroatoms. The van der Waals surface area contributed by atoms with Crippen molar-refractivity contribution in [3.8, 4) is 0 Å². The summed E-state index contributed by atoms with van der Waals surface area (Å²) < 4.78 is 2.11. The van der Waals surface area contributed by atoms with E-state index in [-0.39, 0.29) is 0 Å². The summed E-state index contributed by atoms with van der Waals surface area (Å²) >= 11 is 0. The minimum atomic E-state index is 0.634. The Morgan fingerprint density at radius 3 is 2.73 bits per heavy atom. The van der Waals surface area contributed by atoms with Crippen LogP contribution < -0.4 is 5.32 Å². The summed E-state index contributed by atoms with van der Waals surface area (Å²) in [7, 11) is 2.07. The number of hydrogen-bond acceptors (Lipinski definition) is 1. The first-order valence-electron chi connectivity index (χ1n) is 6.06. The van der Waals surface area contributed by atoms with Gasteiger partial charge >= 0.3 is 0 Å². The molecule has 0 bridgehead atoms. The predicted octanol–water partition coefficient (Wildman–Crippen LogP) is 2.70. The molecule has 0 radical (unpaired) electrons. The molecule has 0 aromatic carbocycles. The topological polar surface area (TPSA) is 17.0 Å². The van der Waals surface area contributed by atoms with Crippen molar-refractivity contribution >= 4 is 0 Å². The van der Waals surface area contributed by atoms with Gasteiger partial charge in [0.05, 0.1) is 0 Å². The molecular formula is C13H22N2. The molecule has 1 aromatic heterocycles. The average molecular weight is 206 g/mol. The Labute approximate surface area is 92.7 Å². The van der Waals surface area contributed by atoms with Crippen molar-refractivity contribution in [1.29, 1.82) is 0 Å². The summed E-state index contributed by atoms with van der Waals surface area (Å²) in [5.74, 6) is 0. The van der Waals surface area contributed by atoms with E-state index < -0.39 is 0 Å². The molecule has 0 unspecified atom stereocenters. The maximum atomic E-state index is 3.60. The van der Waals surface area contributed by atoms with Gasteiger partial charge in [-0.25, -0.2) is 0 Å². The molecule has 1 aliphatic carbocycles. The Morgan fingerprint density at radius 2 is 2.27 bits per heavy atom. The lowest BCUT2D eigenvalue weighted by molar-refractivity contribution is 0.124. The molecule has 2 nitrogen and oxygen atoms in total. The highest BCUT2D eigenvalue weighted by Gasteiger charge is 2.34. The van der Waals surface area contributed by atoms with Gasteiger partial charge in [-0.05, 0) is 36.3 Å². The molecule has 1 aromatic rings. The van der Waals surface area contributed by atoms with Crippen LogP contribution in [0.4, 0.5) is 0 Å². The van der Waals surface area contributed by atoms with E-state index in [1.54, 1.807) is 0 Å². The van der Waals surface area contributed by atoms with E-state index in [9.17, 15) is 0 Å². The molecule has 1 N–H and O–H groups in total. The highest BCUT2D eigenvalue weighted by Crippen LogP contribution is 2.43. The van der Waals surface area contributed by atoms with E-state index in [1.807, 2.05) is 0 Å². The molecule has 15 heavy (non-hydrogen) atoms. The lowest BCUT2D eigenvalue weighted by Gasteiger charge is -2.41. The Morgan fingerprint density at radius 1 is 1.47 bits per heavy atom. The largest absolute Gasteiger partial charge is 0.357 e. The third-order valence-electron chi connectivity index (χ3n) is 3.89. The van der Waals surface area contributed by atoms with Crippen LogP contribution in [0.1, 0.15) is 38.2 Å². The molecule has 0 saturated heterocycles. The van der Waals surface area contributed by atoms with Crippen LogP contribution in [-0.2, 0) is 13.6 Å². The van der Waals surface area contributed by atoms with Crippen LogP contribution in [0.25, 0.3) is 0 Å². The molecule has 0 aliphatic heterocycles. The van der Waals surface area contributed by atoms with Crippen LogP contribution in [0, 0.1) is 5.41 Å². The van der Waals surface area contributed by atoms with Crippen molar-refractivity contribution in [2.75, 3.05) is 6.54 Å². The summed E-state index contributed by atoms with van der Waals surface area (Å²) in [5, 5.41) is 3.60. The van der Waals surface area contributed by atoms with E-state index in [2.05, 4.69) is 42.3 Å². The molecule has 1 heterocycles. The number of aromatic nitrogens is 1. The molecule has 1 fully saturated rings. The number of nitrogens with zero attached hydrogens (tertiary/aromatic N) is 1. The maximum Gasteiger partial charge on any atom is 0.0220 e. The Bertz CT molecular complexity index is 305. The zero-order valence-corrected chi connectivity index (χ0v) is 9.92. The lowest BCUT2D eigenvalue weighted by Crippen LogP contribution is -2.39. The number of nitrogens with one attached hydrogen (secondary N) is 1. The molecule has 84 valence electrons. The normalized spacial score (nSPS) is 18.8. The Balaban J connectivity index is 1.74. The van der Waals surface area contributed by atoms with Crippen LogP contribution in [0.3, 0.4) is 0 Å². The average Bonchev–Trinajstić information content (AvgIpc) is 2.56. The van der Waals surface area contributed by atoms with Crippen LogP contribution in [0.5, 0.6) is 0 Å². The van der Waals surface area contributed by atoms with Gasteiger partial charge in [0.15, 0.2) is 0 Å². The Kier molecular flexibility index (Phi) is 3.15. The summed E-state index contributed by atoms with van der Waals surface area (Å²) in [6.45, 7) is 4.53. The van der Waals surface area contributed by atoms with Gasteiger partial charge in [-0.1, -0.05) is 13.3 Å². The Hall–Kier alpha value is -0.760. The smallest absolute Gasteiger partial charge is 0.0220 e. The lowest BCUT2D eigenvalue weighted by atomic mass is 9.67. The van der Waals surface area contributed by atoms with Crippen molar-refractivity contribution in [2.45, 2.75) is 39.2 Å². The first-order valence-corrected chi connectivity index (χ1v) is 6.06. The molecule has 1 saturated carbocycles. The second kappa shape index (κ2) is 4.40. The fraction of sp³-hybridized carbons (Fsp3) is 0.692. The summed E-state index contributed by atoms with van der Waals surface area (Å²) in [6, 6.07) is 2.19. The maximum absolute atomic E-state index is 3.60. The van der Waals surface area contributed by atoms with Crippen molar-refractivity contribution in [3.63, 3.8) is 0 Å². The monoisotopic (exact) mass is 206 g/mol. The van der Waals surface area contributed by atoms with Crippen LogP contribution >= 0.6 is 0 Å². The fourth-order valence-corrected chi connectivity index (χ4v) is 2.47. The van der Waals surface area contributed by atoms with E-state index in [4.69, 9.17) is 0 Å². The highest BCUT2D eigenvalue weighted by atomic mass is 14.9. The second-order valence-electron chi connectivity index (χ2n) is 5.00. The minimum Gasteiger partial charge on any atom is -0.357 e. The third kappa shape index (κ3) is 2.43. The first kappa shape index (κ1) is 10.7. The predicted molar refractivity (Wildman–Crippen MR) is 63.7 cm³/mol. The zero-order valence-electron chi connectivity index (χ0n) is 9.92. The number of aryl methyl sites for hydroxylation is 1. The van der Waals surface area contributed by atoms with Crippen LogP contribution in [0.15, 0.2) is 18.5 Å². The second-order valence-corrected chi connectivity index (χ2v) is 5.00. The van der Waals surface area contributed by atoms with E-state index in [0.29, 0.717) is 5.41 Å². The van der Waals surface area contributed by atoms with Crippen LogP contribution in [-0.4, -0.2) is 11.1 Å². The summed E-state index contributed by atoms with van der Waals surface area (Å²) in [5.41, 5.74) is 2.03. The molecule has 1 aliphatic rings. The van der Waals surface area contributed by atoms with Gasteiger partial charge in [0, 0.05) is 32.5 Å². The van der Waals surface area contributed by atoms with Gasteiger partial charge in [0.25, 0.3) is 0 Å². The van der Waals surface area contributed by atoms with Crippen molar-refractivity contribution in [3.05, 3.63) is 24.0 Å². The molecule has 0 atom stereocenters. The van der Waals surface area contributed by atoms with E-state index in [0.717, 1.165) is 6.54 Å². The van der Waals surface area contributed by atoms with Crippen molar-refractivity contribution in [1.82, 2.24) is 9.88 Å². The molecule has 0 spiro atoms. The molecule has 0 amide bonds. The van der Waals surface area contributed by atoms with Gasteiger partial charge in [-0.15, -0.1) is 0 Å². The van der Waals surface area contributed by atoms with Gasteiger partial charge in [-0.2, -0.15) is 0 Å². The standard InChI is InChI=1S/C13H22N2/c1-3-13(6-4-7-13)11-14-9-12-5-8-15(2)10-12/h5,8,10,14H,3-4,6-7,9,11H2,1-2H3. The third-order valence-corrected chi connectivity index (χ3v) is 3.89. The highest BCUT2D eigenvalue weighted by molar-refractivity contribution is 5.09. The van der Waals surface area contributed by atoms with E-state index in [1.165, 1.54) is 37.8 Å². The zero-order chi connectivity index (χ0) is 10.7. The summed E-state index contributed by atoms with van der Waals surface area (Å²) in [6.07, 6.45) is 9.90. The minimum absolute atomic E-state index is 0.634. The number of rotatable bonds is 5. The van der Waals surface area contributed by atoms with Gasteiger partial charge < -0.3 is 9.88 Å². The van der Waals surface area contributed by atoms with Gasteiger partial charge in [0.1, 0.15) is 0 Å². The number of hydrogen-bond donors (Lipinski definition) is 1. The fourth-order valence-electron chi connectivity index (χ4n) is 2.47. The van der Waals surface area contributed by atoms with E-state index >= 15 is 0 Å². The molecule has 2 rings (SSSR count). The molecular weight excluding hydrogens is 184 g/mol. The van der Waals surface area contributed by atoms with Gasteiger partial charge in [0.2, 0.25) is 0 Å². The van der Waals surface area contributed by atoms with Gasteiger partial charge in [-0.3, -0.25) is 0 Å². The van der Waals surface area contributed by atoms with Crippen LogP contribution in [0.2, 0.25) is 0 Å². The SMILES string of the molecule is CCC1(CNCc2ccn(C)c2)CCC1. The van der Waals surface area contributed by atoms with Crippen molar-refractivity contribution < 1.29 is 0 Å². The first-order chi connectivity index (χ1) is 7.24. The quantitative estimate of drug-likeness (QED) is 0.784. The summed E-state index contributed by atoms with van der Waals surface area (Å²) in [4.78, 5) is 0. The van der Waals surface area contributed by atoms with Crippen molar-refractivity contribution in [2.24, 2.45) is 12.5 Å².